The van der Waals surface area contributed by atoms with Gasteiger partial charge in [-0.1, -0.05) is 26.2 Å². The van der Waals surface area contributed by atoms with Crippen LogP contribution in [0.4, 0.5) is 10.1 Å². The van der Waals surface area contributed by atoms with Crippen LogP contribution in [-0.2, 0) is 0 Å². The fraction of sp³-hybridized carbons (Fsp3) is 0.286. The van der Waals surface area contributed by atoms with E-state index in [1.54, 1.807) is 24.3 Å². The van der Waals surface area contributed by atoms with Crippen molar-refractivity contribution in [2.45, 2.75) is 32.6 Å². The molecule has 7 heteroatoms. The average molecular weight is 383 g/mol. The third kappa shape index (κ3) is 4.73. The molecule has 0 saturated heterocycles. The Morgan fingerprint density at radius 3 is 2.68 bits per heavy atom. The maximum atomic E-state index is 13.3. The zero-order chi connectivity index (χ0) is 19.9. The number of hydrogen-bond donors (Lipinski definition) is 2. The van der Waals surface area contributed by atoms with Crippen molar-refractivity contribution in [3.05, 3.63) is 53.8 Å². The molecule has 28 heavy (non-hydrogen) atoms. The van der Waals surface area contributed by atoms with Gasteiger partial charge in [0.1, 0.15) is 11.6 Å². The number of aromatic nitrogens is 1. The summed E-state index contributed by atoms with van der Waals surface area (Å²) in [5.41, 5.74) is 0.821. The maximum Gasteiger partial charge on any atom is 0.295 e. The molecule has 3 rings (SSSR count). The minimum atomic E-state index is -0.551. The number of nitrogens with one attached hydrogen (secondary N) is 1. The molecule has 1 aromatic heterocycles. The monoisotopic (exact) mass is 383 g/mol. The van der Waals surface area contributed by atoms with Crippen LogP contribution >= 0.6 is 0 Å². The number of unbranched alkanes of at least 4 members (excludes halogenated alkanes) is 3. The number of ether oxygens (including phenoxy) is 1. The summed E-state index contributed by atoms with van der Waals surface area (Å²) in [7, 11) is 0. The van der Waals surface area contributed by atoms with E-state index in [0.717, 1.165) is 12.8 Å². The molecule has 2 aromatic carbocycles. The number of aromatic hydroxyl groups is 1. The van der Waals surface area contributed by atoms with Gasteiger partial charge in [0.25, 0.3) is 5.91 Å². The molecule has 1 heterocycles. The molecule has 0 bridgehead atoms. The van der Waals surface area contributed by atoms with Crippen LogP contribution in [0.3, 0.4) is 0 Å². The van der Waals surface area contributed by atoms with E-state index in [-0.39, 0.29) is 11.6 Å². The third-order valence-corrected chi connectivity index (χ3v) is 4.32. The topological polar surface area (TPSA) is 87.0 Å². The second-order valence-electron chi connectivity index (χ2n) is 6.45. The second-order valence-corrected chi connectivity index (χ2v) is 6.45. The molecule has 0 aliphatic carbocycles. The summed E-state index contributed by atoms with van der Waals surface area (Å²) in [6.45, 7) is 2.81. The van der Waals surface area contributed by atoms with Crippen molar-refractivity contribution in [3.8, 4) is 11.6 Å². The lowest BCUT2D eigenvalue weighted by molar-refractivity contribution is 0.0995. The minimum absolute atomic E-state index is 0.0929. The van der Waals surface area contributed by atoms with Gasteiger partial charge in [0, 0.05) is 10.9 Å². The summed E-state index contributed by atoms with van der Waals surface area (Å²) in [6.07, 6.45) is 4.52. The highest BCUT2D eigenvalue weighted by atomic mass is 19.1. The van der Waals surface area contributed by atoms with Crippen molar-refractivity contribution in [3.63, 3.8) is 0 Å². The van der Waals surface area contributed by atoms with Crippen LogP contribution < -0.4 is 4.74 Å². The highest BCUT2D eigenvalue weighted by molar-refractivity contribution is 5.97. The van der Waals surface area contributed by atoms with Crippen molar-refractivity contribution >= 4 is 22.5 Å². The van der Waals surface area contributed by atoms with Crippen LogP contribution in [-0.4, -0.2) is 22.6 Å². The summed E-state index contributed by atoms with van der Waals surface area (Å²) < 4.78 is 18.9. The Labute approximate surface area is 162 Å². The van der Waals surface area contributed by atoms with Gasteiger partial charge in [0.2, 0.25) is 5.88 Å². The molecule has 0 aliphatic rings. The zero-order valence-electron chi connectivity index (χ0n) is 15.6. The van der Waals surface area contributed by atoms with Gasteiger partial charge in [0.05, 0.1) is 12.1 Å². The smallest absolute Gasteiger partial charge is 0.295 e. The summed E-state index contributed by atoms with van der Waals surface area (Å²) in [4.78, 5) is 14.8. The number of carbonyl (C=O) groups is 1. The van der Waals surface area contributed by atoms with E-state index in [0.29, 0.717) is 28.8 Å². The number of amides is 1. The van der Waals surface area contributed by atoms with Crippen molar-refractivity contribution in [1.82, 2.24) is 4.98 Å². The Balaban J connectivity index is 1.64. The lowest BCUT2D eigenvalue weighted by Crippen LogP contribution is -1.98. The van der Waals surface area contributed by atoms with Crippen LogP contribution in [0, 0.1) is 5.82 Å². The quantitative estimate of drug-likeness (QED) is 0.375. The molecule has 146 valence electrons. The highest BCUT2D eigenvalue weighted by Crippen LogP contribution is 2.35. The number of nitrogens with zero attached hydrogens (tertiary/aromatic N) is 2. The molecule has 0 saturated carbocycles. The number of aromatic amines is 1. The second kappa shape index (κ2) is 9.12. The van der Waals surface area contributed by atoms with Gasteiger partial charge in [-0.05, 0) is 48.9 Å². The lowest BCUT2D eigenvalue weighted by atomic mass is 10.2. The van der Waals surface area contributed by atoms with Crippen molar-refractivity contribution in [2.24, 2.45) is 10.2 Å². The standard InChI is InChI=1S/C21H22FN3O3/c1-2-3-4-5-12-28-16-9-6-14(7-10-16)20(26)25-24-19-17-11-8-15(22)13-18(17)23-21(19)27/h6-11,13,23,27H,2-5,12H2,1H3. The van der Waals surface area contributed by atoms with E-state index in [1.165, 1.54) is 31.0 Å². The van der Waals surface area contributed by atoms with Crippen molar-refractivity contribution in [2.75, 3.05) is 6.61 Å². The Bertz CT molecular complexity index is 980. The number of azo groups is 1. The SMILES string of the molecule is CCCCCCOc1ccc(C(=O)N=Nc2c(O)[nH]c3cc(F)ccc23)cc1. The van der Waals surface area contributed by atoms with Gasteiger partial charge < -0.3 is 14.8 Å². The Hall–Kier alpha value is -3.22. The van der Waals surface area contributed by atoms with Crippen LogP contribution in [0.1, 0.15) is 43.0 Å². The molecule has 0 atom stereocenters. The molecule has 0 unspecified atom stereocenters. The Kier molecular flexibility index (Phi) is 6.37. The number of halogens is 1. The molecule has 0 spiro atoms. The number of H-pyrrole nitrogens is 1. The predicted octanol–water partition coefficient (Wildman–Crippen LogP) is 5.90. The Morgan fingerprint density at radius 2 is 1.93 bits per heavy atom. The van der Waals surface area contributed by atoms with E-state index in [4.69, 9.17) is 4.74 Å². The average Bonchev–Trinajstić information content (AvgIpc) is 3.00. The first-order chi connectivity index (χ1) is 13.6. The maximum absolute atomic E-state index is 13.3. The minimum Gasteiger partial charge on any atom is -0.494 e. The number of hydrogen-bond acceptors (Lipinski definition) is 4. The zero-order valence-corrected chi connectivity index (χ0v) is 15.6. The van der Waals surface area contributed by atoms with Crippen LogP contribution in [0.25, 0.3) is 10.9 Å². The highest BCUT2D eigenvalue weighted by Gasteiger charge is 2.12. The third-order valence-electron chi connectivity index (χ3n) is 4.32. The number of rotatable bonds is 8. The first-order valence-corrected chi connectivity index (χ1v) is 9.27. The van der Waals surface area contributed by atoms with Gasteiger partial charge >= 0.3 is 0 Å². The molecule has 0 fully saturated rings. The summed E-state index contributed by atoms with van der Waals surface area (Å²) >= 11 is 0. The molecule has 3 aromatic rings. The van der Waals surface area contributed by atoms with Gasteiger partial charge in [-0.2, -0.15) is 0 Å². The van der Waals surface area contributed by atoms with E-state index >= 15 is 0 Å². The van der Waals surface area contributed by atoms with E-state index in [1.807, 2.05) is 0 Å². The van der Waals surface area contributed by atoms with Gasteiger partial charge in [-0.3, -0.25) is 4.79 Å². The first kappa shape index (κ1) is 19.5. The number of benzene rings is 2. The van der Waals surface area contributed by atoms with Gasteiger partial charge in [-0.25, -0.2) is 4.39 Å². The van der Waals surface area contributed by atoms with Crippen molar-refractivity contribution < 1.29 is 19.0 Å². The van der Waals surface area contributed by atoms with E-state index in [2.05, 4.69) is 22.1 Å². The van der Waals surface area contributed by atoms with Gasteiger partial charge in [0.15, 0.2) is 5.69 Å². The van der Waals surface area contributed by atoms with Crippen LogP contribution in [0.5, 0.6) is 11.6 Å². The molecule has 0 aliphatic heterocycles. The molecule has 2 N–H and O–H groups in total. The molecule has 6 nitrogen and oxygen atoms in total. The fourth-order valence-electron chi connectivity index (χ4n) is 2.81. The largest absolute Gasteiger partial charge is 0.494 e. The van der Waals surface area contributed by atoms with Crippen LogP contribution in [0.15, 0.2) is 52.7 Å². The lowest BCUT2D eigenvalue weighted by Gasteiger charge is -2.06. The van der Waals surface area contributed by atoms with E-state index < -0.39 is 11.7 Å². The number of fused-ring (bicyclic) bond motifs is 1. The predicted molar refractivity (Wildman–Crippen MR) is 105 cm³/mol. The van der Waals surface area contributed by atoms with E-state index in [9.17, 15) is 14.3 Å². The van der Waals surface area contributed by atoms with Crippen LogP contribution in [0.2, 0.25) is 0 Å². The molecule has 0 radical (unpaired) electrons. The molecular weight excluding hydrogens is 361 g/mol. The number of carbonyl (C=O) groups excluding carboxylic acids is 1. The summed E-state index contributed by atoms with van der Waals surface area (Å²) in [5.74, 6) is -0.573. The summed E-state index contributed by atoms with van der Waals surface area (Å²) in [5, 5.41) is 17.9. The fourth-order valence-corrected chi connectivity index (χ4v) is 2.81. The normalized spacial score (nSPS) is 11.4. The van der Waals surface area contributed by atoms with Crippen molar-refractivity contribution in [1.29, 1.82) is 0 Å². The summed E-state index contributed by atoms with van der Waals surface area (Å²) in [6, 6.07) is 10.6. The Morgan fingerprint density at radius 1 is 1.14 bits per heavy atom. The van der Waals surface area contributed by atoms with Gasteiger partial charge in [-0.15, -0.1) is 10.2 Å². The first-order valence-electron chi connectivity index (χ1n) is 9.27. The molecule has 1 amide bonds. The molecular formula is C21H22FN3O3.